The van der Waals surface area contributed by atoms with E-state index < -0.39 is 0 Å². The molecule has 0 aliphatic rings. The predicted molar refractivity (Wildman–Crippen MR) is 73.9 cm³/mol. The number of aryl methyl sites for hydroxylation is 2. The van der Waals surface area contributed by atoms with Crippen molar-refractivity contribution in [3.63, 3.8) is 0 Å². The van der Waals surface area contributed by atoms with E-state index in [4.69, 9.17) is 10.00 Å². The van der Waals surface area contributed by atoms with Crippen molar-refractivity contribution in [2.45, 2.75) is 26.7 Å². The monoisotopic (exact) mass is 255 g/mol. The topological polar surface area (TPSA) is 61.7 Å². The normalized spacial score (nSPS) is 10.2. The van der Waals surface area contributed by atoms with Crippen LogP contribution in [0.25, 0.3) is 11.3 Å². The summed E-state index contributed by atoms with van der Waals surface area (Å²) in [6.45, 7) is 4.61. The lowest BCUT2D eigenvalue weighted by molar-refractivity contribution is 0.340. The quantitative estimate of drug-likeness (QED) is 0.892. The van der Waals surface area contributed by atoms with Gasteiger partial charge in [0.1, 0.15) is 11.6 Å². The summed E-state index contributed by atoms with van der Waals surface area (Å²) in [6, 6.07) is 10.0. The first-order chi connectivity index (χ1) is 9.24. The number of hydrogen-bond donors (Lipinski definition) is 1. The van der Waals surface area contributed by atoms with Crippen molar-refractivity contribution in [2.75, 3.05) is 6.61 Å². The highest BCUT2D eigenvalue weighted by Gasteiger charge is 2.09. The molecule has 0 fully saturated rings. The Morgan fingerprint density at radius 1 is 1.42 bits per heavy atom. The average molecular weight is 255 g/mol. The van der Waals surface area contributed by atoms with Gasteiger partial charge in [-0.05, 0) is 26.0 Å². The first-order valence-corrected chi connectivity index (χ1v) is 6.40. The maximum Gasteiger partial charge on any atom is 0.119 e. The van der Waals surface area contributed by atoms with Gasteiger partial charge in [-0.2, -0.15) is 5.26 Å². The third kappa shape index (κ3) is 3.14. The fourth-order valence-corrected chi connectivity index (χ4v) is 2.00. The maximum atomic E-state index is 8.61. The van der Waals surface area contributed by atoms with E-state index >= 15 is 0 Å². The molecule has 0 unspecified atom stereocenters. The van der Waals surface area contributed by atoms with Crippen LogP contribution in [0.4, 0.5) is 0 Å². The van der Waals surface area contributed by atoms with Crippen molar-refractivity contribution >= 4 is 0 Å². The second-order valence-corrected chi connectivity index (χ2v) is 4.28. The lowest BCUT2D eigenvalue weighted by atomic mass is 10.1. The number of nitriles is 1. The molecule has 0 saturated heterocycles. The van der Waals surface area contributed by atoms with Crippen molar-refractivity contribution in [2.24, 2.45) is 0 Å². The Labute approximate surface area is 113 Å². The molecule has 0 aliphatic carbocycles. The maximum absolute atomic E-state index is 8.61. The van der Waals surface area contributed by atoms with Gasteiger partial charge < -0.3 is 9.72 Å². The molecule has 1 aromatic carbocycles. The number of ether oxygens (including phenoxy) is 1. The molecule has 0 radical (unpaired) electrons. The van der Waals surface area contributed by atoms with Crippen LogP contribution in [0, 0.1) is 18.3 Å². The Bertz CT molecular complexity index is 596. The molecule has 0 amide bonds. The molecule has 4 nitrogen and oxygen atoms in total. The minimum Gasteiger partial charge on any atom is -0.494 e. The Kier molecular flexibility index (Phi) is 4.19. The van der Waals surface area contributed by atoms with E-state index in [-0.39, 0.29) is 0 Å². The summed E-state index contributed by atoms with van der Waals surface area (Å²) in [5.74, 6) is 1.71. The zero-order valence-corrected chi connectivity index (χ0v) is 11.2. The molecule has 0 bridgehead atoms. The Morgan fingerprint density at radius 3 is 3.00 bits per heavy atom. The number of nitrogens with one attached hydrogen (secondary N) is 1. The molecule has 0 saturated carbocycles. The zero-order valence-electron chi connectivity index (χ0n) is 11.2. The van der Waals surface area contributed by atoms with E-state index in [1.807, 2.05) is 38.1 Å². The standard InChI is InChI=1S/C15H17N3O/c1-3-19-13-7-4-6-12(10-13)15-11(2)17-14(18-15)8-5-9-16/h4,6-7,10H,3,5,8H2,1-2H3,(H,17,18). The van der Waals surface area contributed by atoms with Crippen LogP contribution in [0.15, 0.2) is 24.3 Å². The number of imidazole rings is 1. The number of benzene rings is 1. The number of aromatic amines is 1. The van der Waals surface area contributed by atoms with E-state index in [0.29, 0.717) is 19.4 Å². The van der Waals surface area contributed by atoms with Crippen molar-refractivity contribution in [1.29, 1.82) is 5.26 Å². The molecule has 4 heteroatoms. The van der Waals surface area contributed by atoms with Gasteiger partial charge in [0.15, 0.2) is 0 Å². The second-order valence-electron chi connectivity index (χ2n) is 4.28. The van der Waals surface area contributed by atoms with Crippen LogP contribution >= 0.6 is 0 Å². The molecular formula is C15H17N3O. The Morgan fingerprint density at radius 2 is 2.26 bits per heavy atom. The minimum absolute atomic E-state index is 0.478. The Hall–Kier alpha value is -2.28. The molecule has 98 valence electrons. The molecule has 2 rings (SSSR count). The number of rotatable bonds is 5. The molecule has 19 heavy (non-hydrogen) atoms. The number of hydrogen-bond acceptors (Lipinski definition) is 3. The third-order valence-electron chi connectivity index (χ3n) is 2.83. The molecular weight excluding hydrogens is 238 g/mol. The van der Waals surface area contributed by atoms with E-state index in [2.05, 4.69) is 16.0 Å². The molecule has 1 heterocycles. The van der Waals surface area contributed by atoms with Crippen molar-refractivity contribution in [1.82, 2.24) is 9.97 Å². The van der Waals surface area contributed by atoms with Gasteiger partial charge in [-0.1, -0.05) is 12.1 Å². The number of aromatic nitrogens is 2. The minimum atomic E-state index is 0.478. The summed E-state index contributed by atoms with van der Waals surface area (Å²) < 4.78 is 5.50. The van der Waals surface area contributed by atoms with E-state index in [1.54, 1.807) is 0 Å². The highest BCUT2D eigenvalue weighted by molar-refractivity contribution is 5.63. The van der Waals surface area contributed by atoms with Crippen LogP contribution in [-0.4, -0.2) is 16.6 Å². The highest BCUT2D eigenvalue weighted by Crippen LogP contribution is 2.25. The van der Waals surface area contributed by atoms with Crippen LogP contribution in [0.3, 0.4) is 0 Å². The van der Waals surface area contributed by atoms with Crippen molar-refractivity contribution in [3.8, 4) is 23.1 Å². The van der Waals surface area contributed by atoms with Gasteiger partial charge >= 0.3 is 0 Å². The van der Waals surface area contributed by atoms with E-state index in [1.165, 1.54) is 0 Å². The lowest BCUT2D eigenvalue weighted by Gasteiger charge is -2.04. The SMILES string of the molecule is CCOc1cccc(-c2nc(CCC#N)[nH]c2C)c1. The fraction of sp³-hybridized carbons (Fsp3) is 0.333. The van der Waals surface area contributed by atoms with Crippen molar-refractivity contribution < 1.29 is 4.74 Å². The fourth-order valence-electron chi connectivity index (χ4n) is 2.00. The van der Waals surface area contributed by atoms with Crippen LogP contribution in [0.1, 0.15) is 24.9 Å². The Balaban J connectivity index is 2.28. The molecule has 0 aliphatic heterocycles. The molecule has 1 N–H and O–H groups in total. The van der Waals surface area contributed by atoms with Gasteiger partial charge in [-0.25, -0.2) is 4.98 Å². The smallest absolute Gasteiger partial charge is 0.119 e. The van der Waals surface area contributed by atoms with Gasteiger partial charge in [0.2, 0.25) is 0 Å². The van der Waals surface area contributed by atoms with Crippen LogP contribution < -0.4 is 4.74 Å². The predicted octanol–water partition coefficient (Wildman–Crippen LogP) is 3.24. The van der Waals surface area contributed by atoms with E-state index in [9.17, 15) is 0 Å². The third-order valence-corrected chi connectivity index (χ3v) is 2.83. The summed E-state index contributed by atoms with van der Waals surface area (Å²) in [6.07, 6.45) is 1.13. The summed E-state index contributed by atoms with van der Waals surface area (Å²) in [4.78, 5) is 7.78. The van der Waals surface area contributed by atoms with E-state index in [0.717, 1.165) is 28.5 Å². The molecule has 0 atom stereocenters. The summed E-state index contributed by atoms with van der Waals surface area (Å²) in [7, 11) is 0. The summed E-state index contributed by atoms with van der Waals surface area (Å²) in [5.41, 5.74) is 2.97. The van der Waals surface area contributed by atoms with Gasteiger partial charge in [-0.15, -0.1) is 0 Å². The van der Waals surface area contributed by atoms with Gasteiger partial charge in [0.25, 0.3) is 0 Å². The van der Waals surface area contributed by atoms with Crippen molar-refractivity contribution in [3.05, 3.63) is 35.8 Å². The zero-order chi connectivity index (χ0) is 13.7. The molecule has 1 aromatic heterocycles. The number of H-pyrrole nitrogens is 1. The largest absolute Gasteiger partial charge is 0.494 e. The van der Waals surface area contributed by atoms with Crippen LogP contribution in [0.5, 0.6) is 5.75 Å². The second kappa shape index (κ2) is 6.05. The lowest BCUT2D eigenvalue weighted by Crippen LogP contribution is -1.91. The molecule has 0 spiro atoms. The summed E-state index contributed by atoms with van der Waals surface area (Å²) in [5, 5.41) is 8.61. The average Bonchev–Trinajstić information content (AvgIpc) is 2.78. The van der Waals surface area contributed by atoms with Crippen LogP contribution in [-0.2, 0) is 6.42 Å². The van der Waals surface area contributed by atoms with Crippen LogP contribution in [0.2, 0.25) is 0 Å². The van der Waals surface area contributed by atoms with Gasteiger partial charge in [0, 0.05) is 24.1 Å². The summed E-state index contributed by atoms with van der Waals surface area (Å²) >= 11 is 0. The molecule has 2 aromatic rings. The number of nitrogens with zero attached hydrogens (tertiary/aromatic N) is 2. The first kappa shape index (κ1) is 13.2. The van der Waals surface area contributed by atoms with Gasteiger partial charge in [0.05, 0.1) is 18.4 Å². The van der Waals surface area contributed by atoms with Gasteiger partial charge in [-0.3, -0.25) is 0 Å². The first-order valence-electron chi connectivity index (χ1n) is 6.40. The highest BCUT2D eigenvalue weighted by atomic mass is 16.5.